The molecular formula is C15H23F2NO2. The highest BCUT2D eigenvalue weighted by atomic mass is 19.3. The standard InChI is InChI=1S/C15H23F2NO2/c1-5-15(2,3)10-18-9-11-6-7-12(19-4)13(8-11)20-14(16)17/h6-8,14,18H,5,9-10H2,1-4H3. The Morgan fingerprint density at radius 1 is 1.25 bits per heavy atom. The molecule has 0 spiro atoms. The maximum Gasteiger partial charge on any atom is 0.387 e. The quantitative estimate of drug-likeness (QED) is 0.788. The van der Waals surface area contributed by atoms with E-state index >= 15 is 0 Å². The van der Waals surface area contributed by atoms with Crippen molar-refractivity contribution in [3.63, 3.8) is 0 Å². The maximum atomic E-state index is 12.3. The predicted octanol–water partition coefficient (Wildman–Crippen LogP) is 3.82. The minimum absolute atomic E-state index is 0.0663. The summed E-state index contributed by atoms with van der Waals surface area (Å²) in [5.41, 5.74) is 1.10. The van der Waals surface area contributed by atoms with Gasteiger partial charge in [-0.15, -0.1) is 0 Å². The summed E-state index contributed by atoms with van der Waals surface area (Å²) in [6.45, 7) is 5.11. The molecule has 1 rings (SSSR count). The van der Waals surface area contributed by atoms with Crippen molar-refractivity contribution in [2.24, 2.45) is 5.41 Å². The number of methoxy groups -OCH3 is 1. The van der Waals surface area contributed by atoms with E-state index < -0.39 is 6.61 Å². The third-order valence-corrected chi connectivity index (χ3v) is 3.33. The van der Waals surface area contributed by atoms with Crippen LogP contribution in [0.15, 0.2) is 18.2 Å². The average molecular weight is 287 g/mol. The van der Waals surface area contributed by atoms with Gasteiger partial charge in [0.05, 0.1) is 7.11 Å². The van der Waals surface area contributed by atoms with Crippen LogP contribution in [0.3, 0.4) is 0 Å². The molecule has 1 aromatic carbocycles. The Morgan fingerprint density at radius 3 is 2.50 bits per heavy atom. The van der Waals surface area contributed by atoms with Crippen molar-refractivity contribution in [2.75, 3.05) is 13.7 Å². The molecule has 114 valence electrons. The summed E-state index contributed by atoms with van der Waals surface area (Å²) in [5.74, 6) is 0.375. The fraction of sp³-hybridized carbons (Fsp3) is 0.600. The number of hydrogen-bond donors (Lipinski definition) is 1. The van der Waals surface area contributed by atoms with Crippen LogP contribution in [-0.2, 0) is 6.54 Å². The van der Waals surface area contributed by atoms with Crippen LogP contribution in [0.4, 0.5) is 8.78 Å². The number of halogens is 2. The highest BCUT2D eigenvalue weighted by Gasteiger charge is 2.15. The third kappa shape index (κ3) is 5.33. The van der Waals surface area contributed by atoms with Gasteiger partial charge in [0, 0.05) is 13.1 Å². The molecule has 1 N–H and O–H groups in total. The van der Waals surface area contributed by atoms with Crippen LogP contribution in [0.2, 0.25) is 0 Å². The van der Waals surface area contributed by atoms with E-state index in [0.717, 1.165) is 18.5 Å². The van der Waals surface area contributed by atoms with Gasteiger partial charge in [-0.05, 0) is 29.5 Å². The van der Waals surface area contributed by atoms with Gasteiger partial charge in [0.25, 0.3) is 0 Å². The molecule has 1 aromatic rings. The first-order valence-electron chi connectivity index (χ1n) is 6.70. The lowest BCUT2D eigenvalue weighted by Crippen LogP contribution is -2.28. The number of alkyl halides is 2. The molecule has 0 heterocycles. The lowest BCUT2D eigenvalue weighted by Gasteiger charge is -2.23. The first-order valence-corrected chi connectivity index (χ1v) is 6.70. The summed E-state index contributed by atoms with van der Waals surface area (Å²) in [6.07, 6.45) is 1.07. The molecule has 20 heavy (non-hydrogen) atoms. The highest BCUT2D eigenvalue weighted by molar-refractivity contribution is 5.42. The van der Waals surface area contributed by atoms with Gasteiger partial charge in [-0.1, -0.05) is 26.8 Å². The molecule has 0 aliphatic heterocycles. The Morgan fingerprint density at radius 2 is 1.95 bits per heavy atom. The number of ether oxygens (including phenoxy) is 2. The van der Waals surface area contributed by atoms with Crippen molar-refractivity contribution in [2.45, 2.75) is 40.3 Å². The Kier molecular flexibility index (Phi) is 6.20. The zero-order valence-corrected chi connectivity index (χ0v) is 12.5. The molecule has 0 amide bonds. The molecule has 0 fully saturated rings. The Bertz CT molecular complexity index is 422. The molecule has 0 aliphatic carbocycles. The van der Waals surface area contributed by atoms with E-state index in [-0.39, 0.29) is 11.2 Å². The maximum absolute atomic E-state index is 12.3. The molecule has 0 bridgehead atoms. The molecule has 0 radical (unpaired) electrons. The summed E-state index contributed by atoms with van der Waals surface area (Å²) in [7, 11) is 1.43. The van der Waals surface area contributed by atoms with E-state index in [4.69, 9.17) is 4.74 Å². The minimum atomic E-state index is -2.86. The van der Waals surface area contributed by atoms with Gasteiger partial charge in [0.2, 0.25) is 0 Å². The average Bonchev–Trinajstić information content (AvgIpc) is 2.38. The van der Waals surface area contributed by atoms with Gasteiger partial charge in [0.1, 0.15) is 0 Å². The second-order valence-electron chi connectivity index (χ2n) is 5.49. The summed E-state index contributed by atoms with van der Waals surface area (Å²) in [5, 5.41) is 3.33. The number of rotatable bonds is 8. The van der Waals surface area contributed by atoms with Crippen LogP contribution < -0.4 is 14.8 Å². The Hall–Kier alpha value is -1.36. The number of nitrogens with one attached hydrogen (secondary N) is 1. The monoisotopic (exact) mass is 287 g/mol. The van der Waals surface area contributed by atoms with Crippen molar-refractivity contribution in [1.29, 1.82) is 0 Å². The SMILES string of the molecule is CCC(C)(C)CNCc1ccc(OC)c(OC(F)F)c1. The minimum Gasteiger partial charge on any atom is -0.493 e. The fourth-order valence-electron chi connectivity index (χ4n) is 1.69. The van der Waals surface area contributed by atoms with Crippen molar-refractivity contribution in [3.05, 3.63) is 23.8 Å². The molecule has 0 atom stereocenters. The molecule has 0 saturated carbocycles. The molecule has 0 aromatic heterocycles. The molecule has 0 aliphatic rings. The second-order valence-corrected chi connectivity index (χ2v) is 5.49. The normalized spacial score (nSPS) is 11.8. The van der Waals surface area contributed by atoms with Gasteiger partial charge in [-0.2, -0.15) is 8.78 Å². The molecule has 0 unspecified atom stereocenters. The van der Waals surface area contributed by atoms with E-state index in [0.29, 0.717) is 12.3 Å². The van der Waals surface area contributed by atoms with Crippen molar-refractivity contribution in [1.82, 2.24) is 5.32 Å². The highest BCUT2D eigenvalue weighted by Crippen LogP contribution is 2.29. The summed E-state index contributed by atoms with van der Waals surface area (Å²) >= 11 is 0. The van der Waals surface area contributed by atoms with Crippen LogP contribution in [0.1, 0.15) is 32.8 Å². The van der Waals surface area contributed by atoms with Crippen LogP contribution in [0.25, 0.3) is 0 Å². The van der Waals surface area contributed by atoms with Gasteiger partial charge in [0.15, 0.2) is 11.5 Å². The lowest BCUT2D eigenvalue weighted by molar-refractivity contribution is -0.0512. The first-order chi connectivity index (χ1) is 9.38. The zero-order valence-electron chi connectivity index (χ0n) is 12.5. The number of hydrogen-bond acceptors (Lipinski definition) is 3. The van der Waals surface area contributed by atoms with Crippen molar-refractivity contribution >= 4 is 0 Å². The van der Waals surface area contributed by atoms with Gasteiger partial charge in [-0.3, -0.25) is 0 Å². The van der Waals surface area contributed by atoms with Gasteiger partial charge < -0.3 is 14.8 Å². The zero-order chi connectivity index (χ0) is 15.2. The van der Waals surface area contributed by atoms with Crippen LogP contribution in [0.5, 0.6) is 11.5 Å². The Labute approximate surface area is 119 Å². The smallest absolute Gasteiger partial charge is 0.387 e. The summed E-state index contributed by atoms with van der Waals surface area (Å²) < 4.78 is 34.1. The van der Waals surface area contributed by atoms with E-state index in [2.05, 4.69) is 30.8 Å². The lowest BCUT2D eigenvalue weighted by atomic mass is 9.90. The van der Waals surface area contributed by atoms with E-state index in [9.17, 15) is 8.78 Å². The topological polar surface area (TPSA) is 30.5 Å². The number of benzene rings is 1. The summed E-state index contributed by atoms with van der Waals surface area (Å²) in [4.78, 5) is 0. The largest absolute Gasteiger partial charge is 0.493 e. The van der Waals surface area contributed by atoms with Crippen LogP contribution >= 0.6 is 0 Å². The van der Waals surface area contributed by atoms with E-state index in [1.165, 1.54) is 7.11 Å². The predicted molar refractivity (Wildman–Crippen MR) is 75.4 cm³/mol. The second kappa shape index (κ2) is 7.43. The third-order valence-electron chi connectivity index (χ3n) is 3.33. The molecule has 5 heteroatoms. The van der Waals surface area contributed by atoms with Gasteiger partial charge >= 0.3 is 6.61 Å². The van der Waals surface area contributed by atoms with Crippen LogP contribution in [0, 0.1) is 5.41 Å². The summed E-state index contributed by atoms with van der Waals surface area (Å²) in [6, 6.07) is 5.06. The van der Waals surface area contributed by atoms with Crippen molar-refractivity contribution < 1.29 is 18.3 Å². The Balaban J connectivity index is 2.67. The van der Waals surface area contributed by atoms with E-state index in [1.807, 2.05) is 6.07 Å². The fourth-order valence-corrected chi connectivity index (χ4v) is 1.69. The molecule has 0 saturated heterocycles. The molecular weight excluding hydrogens is 264 g/mol. The molecule has 3 nitrogen and oxygen atoms in total. The van der Waals surface area contributed by atoms with Crippen LogP contribution in [-0.4, -0.2) is 20.3 Å². The van der Waals surface area contributed by atoms with Gasteiger partial charge in [-0.25, -0.2) is 0 Å². The first kappa shape index (κ1) is 16.7. The van der Waals surface area contributed by atoms with Crippen molar-refractivity contribution in [3.8, 4) is 11.5 Å². The van der Waals surface area contributed by atoms with E-state index in [1.54, 1.807) is 12.1 Å².